The van der Waals surface area contributed by atoms with Crippen LogP contribution in [-0.2, 0) is 66.7 Å². The van der Waals surface area contributed by atoms with E-state index in [0.717, 1.165) is 124 Å². The van der Waals surface area contributed by atoms with Crippen LogP contribution in [0.4, 0.5) is 0 Å². The van der Waals surface area contributed by atoms with Gasteiger partial charge in [-0.05, 0) is 77.0 Å². The molecule has 384 valence electrons. The Morgan fingerprint density at radius 3 is 1.28 bits per heavy atom. The average molecular weight is 957 g/mol. The minimum Gasteiger partial charge on any atom is -0.465 e. The molecule has 0 spiro atoms. The lowest BCUT2D eigenvalue weighted by atomic mass is 9.98. The Morgan fingerprint density at radius 2 is 0.838 bits per heavy atom. The first-order valence-corrected chi connectivity index (χ1v) is 25.0. The van der Waals surface area contributed by atoms with Crippen molar-refractivity contribution in [1.29, 1.82) is 0 Å². The fourth-order valence-electron chi connectivity index (χ4n) is 7.04. The summed E-state index contributed by atoms with van der Waals surface area (Å²) in [6, 6.07) is 0. The highest BCUT2D eigenvalue weighted by molar-refractivity contribution is 5.70. The summed E-state index contributed by atoms with van der Waals surface area (Å²) >= 11 is 0. The van der Waals surface area contributed by atoms with Crippen molar-refractivity contribution in [3.05, 3.63) is 72.9 Å². The Bertz CT molecular complexity index is 1520. The van der Waals surface area contributed by atoms with Crippen LogP contribution in [0.3, 0.4) is 0 Å². The van der Waals surface area contributed by atoms with Crippen molar-refractivity contribution in [3.8, 4) is 0 Å². The van der Waals surface area contributed by atoms with Gasteiger partial charge in [-0.15, -0.1) is 0 Å². The maximum absolute atomic E-state index is 12.9. The Labute approximate surface area is 407 Å². The summed E-state index contributed by atoms with van der Waals surface area (Å²) < 4.78 is 45.1. The fraction of sp³-hybridized carbons (Fsp3) is 0.667. The van der Waals surface area contributed by atoms with Crippen LogP contribution in [0.5, 0.6) is 0 Å². The van der Waals surface area contributed by atoms with Crippen molar-refractivity contribution in [3.63, 3.8) is 0 Å². The van der Waals surface area contributed by atoms with E-state index in [4.69, 9.17) is 37.9 Å². The van der Waals surface area contributed by atoms with Gasteiger partial charge in [0.1, 0.15) is 12.7 Å². The maximum Gasteiger partial charge on any atom is 0.305 e. The zero-order valence-electron chi connectivity index (χ0n) is 42.1. The van der Waals surface area contributed by atoms with Crippen LogP contribution in [0.15, 0.2) is 72.9 Å². The molecule has 0 aromatic carbocycles. The molecule has 0 aliphatic carbocycles. The van der Waals surface area contributed by atoms with Gasteiger partial charge in [-0.2, -0.15) is 0 Å². The summed E-state index contributed by atoms with van der Waals surface area (Å²) in [6.07, 6.45) is 37.1. The molecule has 5 atom stereocenters. The van der Waals surface area contributed by atoms with Crippen LogP contribution in [-0.4, -0.2) is 92.9 Å². The van der Waals surface area contributed by atoms with Gasteiger partial charge in [0, 0.05) is 40.5 Å². The highest BCUT2D eigenvalue weighted by Gasteiger charge is 2.53. The molecule has 1 heterocycles. The molecule has 0 bridgehead atoms. The van der Waals surface area contributed by atoms with Crippen molar-refractivity contribution in [1.82, 2.24) is 0 Å². The highest BCUT2D eigenvalue weighted by Crippen LogP contribution is 2.30. The monoisotopic (exact) mass is 957 g/mol. The van der Waals surface area contributed by atoms with Gasteiger partial charge in [-0.25, -0.2) is 0 Å². The molecule has 1 rings (SSSR count). The molecule has 0 radical (unpaired) electrons. The Kier molecular flexibility index (Phi) is 37.1. The Hall–Kier alpha value is -4.82. The van der Waals surface area contributed by atoms with Gasteiger partial charge in [0.2, 0.25) is 0 Å². The van der Waals surface area contributed by atoms with E-state index in [9.17, 15) is 28.8 Å². The van der Waals surface area contributed by atoms with E-state index in [0.29, 0.717) is 12.8 Å². The molecular weight excluding hydrogens is 873 g/mol. The molecule has 14 heteroatoms. The molecule has 14 nitrogen and oxygen atoms in total. The first kappa shape index (κ1) is 61.2. The van der Waals surface area contributed by atoms with E-state index in [1.807, 2.05) is 0 Å². The molecule has 0 unspecified atom stereocenters. The Morgan fingerprint density at radius 1 is 0.441 bits per heavy atom. The van der Waals surface area contributed by atoms with Gasteiger partial charge in [-0.3, -0.25) is 28.8 Å². The second kappa shape index (κ2) is 41.2. The molecule has 0 aromatic heterocycles. The molecule has 68 heavy (non-hydrogen) atoms. The quantitative estimate of drug-likeness (QED) is 0.0247. The number of allylic oxidation sites excluding steroid dienone is 12. The average Bonchev–Trinajstić information content (AvgIpc) is 3.29. The number of rotatable bonds is 38. The lowest BCUT2D eigenvalue weighted by Crippen LogP contribution is -2.63. The van der Waals surface area contributed by atoms with Crippen molar-refractivity contribution in [2.45, 2.75) is 201 Å². The third kappa shape index (κ3) is 33.6. The van der Waals surface area contributed by atoms with Crippen molar-refractivity contribution < 1.29 is 66.7 Å². The summed E-state index contributed by atoms with van der Waals surface area (Å²) in [4.78, 5) is 74.3. The van der Waals surface area contributed by atoms with Crippen molar-refractivity contribution in [2.24, 2.45) is 5.92 Å². The number of ether oxygens (including phenoxy) is 8. The van der Waals surface area contributed by atoms with Crippen LogP contribution in [0, 0.1) is 5.92 Å². The summed E-state index contributed by atoms with van der Waals surface area (Å²) in [6.45, 7) is 7.86. The topological polar surface area (TPSA) is 176 Å². The van der Waals surface area contributed by atoms with E-state index in [2.05, 4.69) is 86.8 Å². The molecule has 1 fully saturated rings. The van der Waals surface area contributed by atoms with E-state index < -0.39 is 79.0 Å². The normalized spacial score (nSPS) is 18.7. The maximum atomic E-state index is 12.9. The SMILES string of the molecule is CC/C=C\C/C=C\C/C=C\CCCCCCCC(=O)OCC(COC(=O)CCCCCCC/C=C\C/C=C\C/C=C\CC)CO[C@@H]1O[C@H](COC(C)=O)[C@@H](OC(C)=O)[C@H](OC(C)=O)[C@H]1OC(C)=O. The molecule has 1 aliphatic heterocycles. The number of carbonyl (C=O) groups excluding carboxylic acids is 6. The van der Waals surface area contributed by atoms with E-state index in [1.165, 1.54) is 6.92 Å². The number of hydrogen-bond donors (Lipinski definition) is 0. The van der Waals surface area contributed by atoms with Crippen LogP contribution in [0.2, 0.25) is 0 Å². The number of carbonyl (C=O) groups is 6. The first-order chi connectivity index (χ1) is 32.9. The van der Waals surface area contributed by atoms with Gasteiger partial charge in [-0.1, -0.05) is 125 Å². The van der Waals surface area contributed by atoms with Crippen LogP contribution in [0.25, 0.3) is 0 Å². The molecule has 0 aromatic rings. The highest BCUT2D eigenvalue weighted by atomic mass is 16.7. The number of esters is 6. The first-order valence-electron chi connectivity index (χ1n) is 25.0. The summed E-state index contributed by atoms with van der Waals surface area (Å²) in [5.74, 6) is -4.46. The lowest BCUT2D eigenvalue weighted by molar-refractivity contribution is -0.310. The van der Waals surface area contributed by atoms with E-state index in [-0.39, 0.29) is 32.7 Å². The second-order valence-electron chi connectivity index (χ2n) is 16.8. The standard InChI is InChI=1S/C54H84O14/c1-7-9-11-13-15-17-19-21-23-25-27-29-31-33-35-37-49(59)62-39-47(40-63-50(60)38-36-34-32-30-28-26-24-22-20-18-16-14-12-10-8-2)41-64-54-53(67-46(6)58)52(66-45(5)57)51(65-44(4)56)48(68-54)42-61-43(3)55/h9-12,15-18,21-24,47-48,51-54H,7-8,13-14,19-20,25-42H2,1-6H3/b11-9-,12-10-,17-15-,18-16-,23-21-,24-22-/t48-,51-,52+,53-,54-/m1/s1. The van der Waals surface area contributed by atoms with E-state index in [1.54, 1.807) is 0 Å². The third-order valence-corrected chi connectivity index (χ3v) is 10.5. The minimum absolute atomic E-state index is 0.157. The second-order valence-corrected chi connectivity index (χ2v) is 16.8. The van der Waals surface area contributed by atoms with E-state index >= 15 is 0 Å². The molecule has 0 amide bonds. The summed E-state index contributed by atoms with van der Waals surface area (Å²) in [5, 5.41) is 0. The van der Waals surface area contributed by atoms with Crippen molar-refractivity contribution >= 4 is 35.8 Å². The smallest absolute Gasteiger partial charge is 0.305 e. The summed E-state index contributed by atoms with van der Waals surface area (Å²) in [7, 11) is 0. The minimum atomic E-state index is -1.44. The Balaban J connectivity index is 2.85. The zero-order valence-corrected chi connectivity index (χ0v) is 42.1. The molecular formula is C54H84O14. The molecule has 0 N–H and O–H groups in total. The van der Waals surface area contributed by atoms with Gasteiger partial charge in [0.05, 0.1) is 25.7 Å². The molecule has 0 saturated carbocycles. The van der Waals surface area contributed by atoms with Crippen LogP contribution >= 0.6 is 0 Å². The fourth-order valence-corrected chi connectivity index (χ4v) is 7.04. The third-order valence-electron chi connectivity index (χ3n) is 10.5. The summed E-state index contributed by atoms with van der Waals surface area (Å²) in [5.41, 5.74) is 0. The van der Waals surface area contributed by atoms with Crippen LogP contribution < -0.4 is 0 Å². The largest absolute Gasteiger partial charge is 0.465 e. The van der Waals surface area contributed by atoms with Gasteiger partial charge in [0.15, 0.2) is 24.6 Å². The van der Waals surface area contributed by atoms with Crippen LogP contribution in [0.1, 0.15) is 170 Å². The zero-order chi connectivity index (χ0) is 50.0. The van der Waals surface area contributed by atoms with Gasteiger partial charge in [0.25, 0.3) is 0 Å². The van der Waals surface area contributed by atoms with Gasteiger partial charge < -0.3 is 37.9 Å². The van der Waals surface area contributed by atoms with Gasteiger partial charge >= 0.3 is 35.8 Å². The van der Waals surface area contributed by atoms with Crippen molar-refractivity contribution in [2.75, 3.05) is 26.4 Å². The molecule has 1 aliphatic rings. The predicted octanol–water partition coefficient (Wildman–Crippen LogP) is 11.0. The molecule has 1 saturated heterocycles. The number of unbranched alkanes of at least 4 members (excludes halogenated alkanes) is 10. The lowest BCUT2D eigenvalue weighted by Gasteiger charge is -2.44. The number of hydrogen-bond acceptors (Lipinski definition) is 14. The predicted molar refractivity (Wildman–Crippen MR) is 262 cm³/mol.